The number of carbonyl (C=O) groups excluding carboxylic acids is 1. The van der Waals surface area contributed by atoms with Crippen LogP contribution in [0, 0.1) is 5.92 Å². The summed E-state index contributed by atoms with van der Waals surface area (Å²) in [6, 6.07) is -0.0600. The molecule has 3 nitrogen and oxygen atoms in total. The molecule has 0 fully saturated rings. The number of ether oxygens (including phenoxy) is 1. The first kappa shape index (κ1) is 8.94. The van der Waals surface area contributed by atoms with Gasteiger partial charge >= 0.3 is 0 Å². The average molecular weight is 189 g/mol. The minimum atomic E-state index is -0.0600. The molecule has 0 saturated carbocycles. The van der Waals surface area contributed by atoms with Gasteiger partial charge in [-0.2, -0.15) is 0 Å². The zero-order valence-corrected chi connectivity index (χ0v) is 7.88. The van der Waals surface area contributed by atoms with Crippen LogP contribution in [0.4, 0.5) is 0 Å². The molecule has 0 amide bonds. The molecule has 2 rings (SSSR count). The number of dihydropyridines is 1. The Kier molecular flexibility index (Phi) is 2.31. The first-order valence-electron chi connectivity index (χ1n) is 4.48. The van der Waals surface area contributed by atoms with E-state index in [2.05, 4.69) is 11.1 Å². The molecule has 3 heteroatoms. The lowest BCUT2D eigenvalue weighted by molar-refractivity contribution is -0.102. The minimum absolute atomic E-state index is 0.0600. The minimum Gasteiger partial charge on any atom is -0.499 e. The Bertz CT molecular complexity index is 363. The maximum atomic E-state index is 10.6. The number of aldehydes is 1. The lowest BCUT2D eigenvalue weighted by Gasteiger charge is -2.25. The Labute approximate surface area is 82.5 Å². The molecule has 0 aromatic heterocycles. The van der Waals surface area contributed by atoms with E-state index in [0.717, 1.165) is 12.0 Å². The van der Waals surface area contributed by atoms with Crippen LogP contribution in [0.15, 0.2) is 41.1 Å². The molecule has 1 aliphatic heterocycles. The summed E-state index contributed by atoms with van der Waals surface area (Å²) in [5.74, 6) is 1.03. The molecule has 0 saturated heterocycles. The van der Waals surface area contributed by atoms with Crippen molar-refractivity contribution in [1.29, 1.82) is 0 Å². The second-order valence-corrected chi connectivity index (χ2v) is 3.21. The van der Waals surface area contributed by atoms with E-state index in [9.17, 15) is 4.79 Å². The Morgan fingerprint density at radius 3 is 3.07 bits per heavy atom. The van der Waals surface area contributed by atoms with Gasteiger partial charge < -0.3 is 4.74 Å². The number of allylic oxidation sites excluding steroid dienone is 3. The largest absolute Gasteiger partial charge is 0.499 e. The number of hydrogen-bond acceptors (Lipinski definition) is 3. The van der Waals surface area contributed by atoms with E-state index in [1.54, 1.807) is 13.2 Å². The van der Waals surface area contributed by atoms with Crippen LogP contribution >= 0.6 is 0 Å². The summed E-state index contributed by atoms with van der Waals surface area (Å²) >= 11 is 0. The van der Waals surface area contributed by atoms with Crippen molar-refractivity contribution in [2.45, 2.75) is 6.04 Å². The summed E-state index contributed by atoms with van der Waals surface area (Å²) in [4.78, 5) is 14.9. The lowest BCUT2D eigenvalue weighted by atomic mass is 9.91. The molecule has 1 heterocycles. The highest BCUT2D eigenvalue weighted by molar-refractivity contribution is 6.34. The van der Waals surface area contributed by atoms with Gasteiger partial charge in [-0.15, -0.1) is 0 Å². The average Bonchev–Trinajstić information content (AvgIpc) is 2.27. The van der Waals surface area contributed by atoms with E-state index >= 15 is 0 Å². The zero-order valence-electron chi connectivity index (χ0n) is 7.88. The number of nitrogens with zero attached hydrogens (tertiary/aromatic N) is 1. The van der Waals surface area contributed by atoms with Crippen LogP contribution in [0.25, 0.3) is 0 Å². The third kappa shape index (κ3) is 1.41. The fourth-order valence-electron chi connectivity index (χ4n) is 1.66. The SMILES string of the molecule is COC1=CC=CC2C=CC(C=O)=NC12. The molecule has 0 N–H and O–H groups in total. The molecule has 72 valence electrons. The Hall–Kier alpha value is -1.64. The fourth-order valence-corrected chi connectivity index (χ4v) is 1.66. The van der Waals surface area contributed by atoms with Gasteiger partial charge in [-0.3, -0.25) is 9.79 Å². The molecule has 0 spiro atoms. The smallest absolute Gasteiger partial charge is 0.167 e. The molecule has 0 aromatic carbocycles. The molecule has 0 aromatic rings. The van der Waals surface area contributed by atoms with Crippen molar-refractivity contribution in [2.75, 3.05) is 7.11 Å². The van der Waals surface area contributed by atoms with E-state index in [-0.39, 0.29) is 12.0 Å². The molecule has 1 aliphatic carbocycles. The van der Waals surface area contributed by atoms with Gasteiger partial charge in [0, 0.05) is 5.92 Å². The van der Waals surface area contributed by atoms with Gasteiger partial charge in [0.05, 0.1) is 12.8 Å². The summed E-state index contributed by atoms with van der Waals surface area (Å²) in [5, 5.41) is 0. The van der Waals surface area contributed by atoms with Crippen LogP contribution in [0.5, 0.6) is 0 Å². The quantitative estimate of drug-likeness (QED) is 0.614. The highest BCUT2D eigenvalue weighted by Gasteiger charge is 2.26. The predicted molar refractivity (Wildman–Crippen MR) is 54.1 cm³/mol. The molecular formula is C11H11NO2. The summed E-state index contributed by atoms with van der Waals surface area (Å²) < 4.78 is 5.21. The van der Waals surface area contributed by atoms with Gasteiger partial charge in [0.25, 0.3) is 0 Å². The number of hydrogen-bond donors (Lipinski definition) is 0. The van der Waals surface area contributed by atoms with Gasteiger partial charge in [0.15, 0.2) is 6.29 Å². The van der Waals surface area contributed by atoms with Crippen molar-refractivity contribution in [3.8, 4) is 0 Å². The molecule has 2 aliphatic rings. The molecule has 0 radical (unpaired) electrons. The van der Waals surface area contributed by atoms with Crippen LogP contribution in [-0.4, -0.2) is 25.1 Å². The second kappa shape index (κ2) is 3.62. The maximum Gasteiger partial charge on any atom is 0.167 e. The van der Waals surface area contributed by atoms with E-state index in [1.165, 1.54) is 0 Å². The summed E-state index contributed by atoms with van der Waals surface area (Å²) in [6.45, 7) is 0. The summed E-state index contributed by atoms with van der Waals surface area (Å²) in [6.07, 6.45) is 10.4. The Balaban J connectivity index is 2.32. The first-order valence-corrected chi connectivity index (χ1v) is 4.48. The monoisotopic (exact) mass is 189 g/mol. The number of rotatable bonds is 2. The number of carbonyl (C=O) groups is 1. The van der Waals surface area contributed by atoms with Crippen LogP contribution < -0.4 is 0 Å². The summed E-state index contributed by atoms with van der Waals surface area (Å²) in [5.41, 5.74) is 0.476. The third-order valence-corrected chi connectivity index (χ3v) is 2.38. The van der Waals surface area contributed by atoms with Gasteiger partial charge in [-0.25, -0.2) is 0 Å². The summed E-state index contributed by atoms with van der Waals surface area (Å²) in [7, 11) is 1.62. The standard InChI is InChI=1S/C11H11NO2/c1-14-10-4-2-3-8-5-6-9(7-13)12-11(8)10/h2-8,11H,1H3. The van der Waals surface area contributed by atoms with E-state index in [0.29, 0.717) is 5.71 Å². The molecule has 14 heavy (non-hydrogen) atoms. The molecule has 0 bridgehead atoms. The van der Waals surface area contributed by atoms with Crippen molar-refractivity contribution in [3.63, 3.8) is 0 Å². The second-order valence-electron chi connectivity index (χ2n) is 3.21. The third-order valence-electron chi connectivity index (χ3n) is 2.38. The van der Waals surface area contributed by atoms with E-state index < -0.39 is 0 Å². The molecular weight excluding hydrogens is 178 g/mol. The van der Waals surface area contributed by atoms with Crippen LogP contribution in [0.2, 0.25) is 0 Å². The van der Waals surface area contributed by atoms with Crippen molar-refractivity contribution >= 4 is 12.0 Å². The maximum absolute atomic E-state index is 10.6. The molecule has 2 unspecified atom stereocenters. The van der Waals surface area contributed by atoms with E-state index in [1.807, 2.05) is 18.2 Å². The Morgan fingerprint density at radius 1 is 1.50 bits per heavy atom. The van der Waals surface area contributed by atoms with Crippen molar-refractivity contribution in [1.82, 2.24) is 0 Å². The van der Waals surface area contributed by atoms with Crippen molar-refractivity contribution < 1.29 is 9.53 Å². The van der Waals surface area contributed by atoms with Gasteiger partial charge in [-0.05, 0) is 12.2 Å². The predicted octanol–water partition coefficient (Wildman–Crippen LogP) is 1.28. The highest BCUT2D eigenvalue weighted by atomic mass is 16.5. The zero-order chi connectivity index (χ0) is 9.97. The van der Waals surface area contributed by atoms with Crippen molar-refractivity contribution in [2.24, 2.45) is 10.9 Å². The van der Waals surface area contributed by atoms with Gasteiger partial charge in [0.1, 0.15) is 11.8 Å². The number of fused-ring (bicyclic) bond motifs is 1. The lowest BCUT2D eigenvalue weighted by Crippen LogP contribution is -2.26. The number of methoxy groups -OCH3 is 1. The molecule has 2 atom stereocenters. The Morgan fingerprint density at radius 2 is 2.36 bits per heavy atom. The van der Waals surface area contributed by atoms with Gasteiger partial charge in [0.2, 0.25) is 0 Å². The van der Waals surface area contributed by atoms with Crippen LogP contribution in [0.3, 0.4) is 0 Å². The number of aliphatic imine (C=N–C) groups is 1. The van der Waals surface area contributed by atoms with Crippen molar-refractivity contribution in [3.05, 3.63) is 36.1 Å². The fraction of sp³-hybridized carbons (Fsp3) is 0.273. The van der Waals surface area contributed by atoms with Crippen LogP contribution in [-0.2, 0) is 9.53 Å². The first-order chi connectivity index (χ1) is 6.85. The van der Waals surface area contributed by atoms with E-state index in [4.69, 9.17) is 4.74 Å². The van der Waals surface area contributed by atoms with Gasteiger partial charge in [-0.1, -0.05) is 18.2 Å². The highest BCUT2D eigenvalue weighted by Crippen LogP contribution is 2.26. The van der Waals surface area contributed by atoms with Crippen LogP contribution in [0.1, 0.15) is 0 Å². The normalized spacial score (nSPS) is 28.9. The topological polar surface area (TPSA) is 38.7 Å².